The van der Waals surface area contributed by atoms with Crippen LogP contribution in [0.3, 0.4) is 0 Å². The van der Waals surface area contributed by atoms with Crippen LogP contribution in [0, 0.1) is 11.7 Å². The van der Waals surface area contributed by atoms with Gasteiger partial charge in [0.05, 0.1) is 45.2 Å². The number of hydrogen-bond donors (Lipinski definition) is 4. The number of aromatic carboxylic acids is 1. The average Bonchev–Trinajstić information content (AvgIpc) is 3.25. The van der Waals surface area contributed by atoms with Gasteiger partial charge < -0.3 is 50.0 Å². The normalized spacial score (nSPS) is 13.5. The molecule has 5 rings (SSSR count). The first kappa shape index (κ1) is 50.2. The molecule has 2 atom stereocenters. The Morgan fingerprint density at radius 1 is 0.869 bits per heavy atom. The van der Waals surface area contributed by atoms with Crippen molar-refractivity contribution in [3.63, 3.8) is 0 Å². The number of amides is 1. The molecule has 0 bridgehead atoms. The van der Waals surface area contributed by atoms with Crippen molar-refractivity contribution in [2.24, 2.45) is 11.7 Å². The van der Waals surface area contributed by atoms with Crippen LogP contribution in [0.5, 0.6) is 17.2 Å². The Morgan fingerprint density at radius 2 is 1.51 bits per heavy atom. The Hall–Kier alpha value is -5.18. The third kappa shape index (κ3) is 17.4. The third-order valence-electron chi connectivity index (χ3n) is 9.46. The number of ether oxygens (including phenoxy) is 5. The summed E-state index contributed by atoms with van der Waals surface area (Å²) in [5.41, 5.74) is 10.8. The van der Waals surface area contributed by atoms with Crippen molar-refractivity contribution in [1.29, 1.82) is 0 Å². The number of likely N-dealkylation sites (N-methyl/N-ethyl adjacent to an activating group) is 1. The number of carbonyl (C=O) groups excluding carboxylic acids is 2. The van der Waals surface area contributed by atoms with E-state index in [4.69, 9.17) is 34.5 Å². The molecular formula is C48H64FN3O9. The lowest BCUT2D eigenvalue weighted by Crippen LogP contribution is -2.33. The van der Waals surface area contributed by atoms with Crippen molar-refractivity contribution in [3.8, 4) is 28.4 Å². The number of carbonyl (C=O) groups is 3. The van der Waals surface area contributed by atoms with Gasteiger partial charge >= 0.3 is 5.97 Å². The smallest absolute Gasteiger partial charge is 0.335 e. The van der Waals surface area contributed by atoms with E-state index < -0.39 is 17.7 Å². The first-order valence-corrected chi connectivity index (χ1v) is 21.0. The minimum atomic E-state index is -1.06. The highest BCUT2D eigenvalue weighted by Gasteiger charge is 2.25. The lowest BCUT2D eigenvalue weighted by Gasteiger charge is -2.28. The molecule has 2 unspecified atom stereocenters. The number of benzene rings is 4. The highest BCUT2D eigenvalue weighted by Crippen LogP contribution is 2.39. The second kappa shape index (κ2) is 27.6. The number of carboxylic acids is 1. The highest BCUT2D eigenvalue weighted by atomic mass is 19.1. The van der Waals surface area contributed by atoms with Gasteiger partial charge in [-0.25, -0.2) is 9.18 Å². The zero-order valence-corrected chi connectivity index (χ0v) is 36.5. The predicted molar refractivity (Wildman–Crippen MR) is 236 cm³/mol. The minimum absolute atomic E-state index is 0.0168. The fraction of sp³-hybridized carbons (Fsp3) is 0.438. The molecule has 0 aromatic heterocycles. The fourth-order valence-electron chi connectivity index (χ4n) is 6.37. The molecule has 4 aromatic rings. The fourth-order valence-corrected chi connectivity index (χ4v) is 6.37. The Bertz CT molecular complexity index is 1920. The second-order valence-corrected chi connectivity index (χ2v) is 14.6. The van der Waals surface area contributed by atoms with E-state index in [9.17, 15) is 14.4 Å². The summed E-state index contributed by atoms with van der Waals surface area (Å²) in [6.07, 6.45) is 2.93. The monoisotopic (exact) mass is 845 g/mol. The van der Waals surface area contributed by atoms with Gasteiger partial charge in [0, 0.05) is 36.6 Å². The number of fused-ring (bicyclic) bond motifs is 1. The van der Waals surface area contributed by atoms with Gasteiger partial charge in [0.15, 0.2) is 11.5 Å². The SMILES string of the molecule is CC.CC(C)Cc1ccc(C(C)C=O)cc1.CNCCOCCOCCOCCOc1cc2c(cc1Oc1ccc(-c3ccc(C(=O)O)cc3)c(F)c1)C(CC(N)=O)NCC2. The molecule has 0 aliphatic carbocycles. The summed E-state index contributed by atoms with van der Waals surface area (Å²) in [7, 11) is 1.87. The number of halogens is 1. The topological polar surface area (TPSA) is 168 Å². The molecule has 61 heavy (non-hydrogen) atoms. The van der Waals surface area contributed by atoms with E-state index in [1.807, 2.05) is 33.9 Å². The molecule has 1 heterocycles. The molecule has 1 amide bonds. The van der Waals surface area contributed by atoms with Crippen LogP contribution in [-0.4, -0.2) is 89.7 Å². The lowest BCUT2D eigenvalue weighted by molar-refractivity contribution is -0.118. The quantitative estimate of drug-likeness (QED) is 0.0423. The van der Waals surface area contributed by atoms with Gasteiger partial charge in [-0.2, -0.15) is 0 Å². The minimum Gasteiger partial charge on any atom is -0.487 e. The van der Waals surface area contributed by atoms with E-state index in [2.05, 4.69) is 48.7 Å². The van der Waals surface area contributed by atoms with Gasteiger partial charge in [0.2, 0.25) is 5.91 Å². The summed E-state index contributed by atoms with van der Waals surface area (Å²) >= 11 is 0. The van der Waals surface area contributed by atoms with Crippen LogP contribution < -0.4 is 25.8 Å². The molecule has 0 saturated heterocycles. The Balaban J connectivity index is 0.000000522. The molecule has 0 radical (unpaired) electrons. The zero-order valence-electron chi connectivity index (χ0n) is 36.5. The molecule has 0 fully saturated rings. The molecule has 4 aromatic carbocycles. The molecule has 1 aliphatic heterocycles. The highest BCUT2D eigenvalue weighted by molar-refractivity contribution is 5.88. The zero-order chi connectivity index (χ0) is 44.6. The van der Waals surface area contributed by atoms with Crippen molar-refractivity contribution in [3.05, 3.63) is 112 Å². The van der Waals surface area contributed by atoms with E-state index in [1.165, 1.54) is 23.8 Å². The van der Waals surface area contributed by atoms with Gasteiger partial charge in [0.1, 0.15) is 24.5 Å². The van der Waals surface area contributed by atoms with Gasteiger partial charge in [-0.3, -0.25) is 4.79 Å². The first-order valence-electron chi connectivity index (χ1n) is 21.0. The number of aldehydes is 1. The van der Waals surface area contributed by atoms with E-state index in [1.54, 1.807) is 30.3 Å². The van der Waals surface area contributed by atoms with Crippen molar-refractivity contribution in [2.75, 3.05) is 66.4 Å². The van der Waals surface area contributed by atoms with Crippen molar-refractivity contribution in [1.82, 2.24) is 10.6 Å². The molecule has 13 heteroatoms. The van der Waals surface area contributed by atoms with Gasteiger partial charge in [-0.05, 0) is 96.6 Å². The van der Waals surface area contributed by atoms with E-state index in [-0.39, 0.29) is 36.3 Å². The summed E-state index contributed by atoms with van der Waals surface area (Å²) in [4.78, 5) is 33.5. The van der Waals surface area contributed by atoms with Crippen LogP contribution >= 0.6 is 0 Å². The average molecular weight is 846 g/mol. The second-order valence-electron chi connectivity index (χ2n) is 14.6. The van der Waals surface area contributed by atoms with E-state index in [0.717, 1.165) is 42.4 Å². The number of primary amides is 1. The summed E-state index contributed by atoms with van der Waals surface area (Å²) in [6.45, 7) is 14.8. The molecule has 0 spiro atoms. The summed E-state index contributed by atoms with van der Waals surface area (Å²) < 4.78 is 44.0. The Morgan fingerprint density at radius 3 is 2.08 bits per heavy atom. The van der Waals surface area contributed by atoms with Crippen molar-refractivity contribution < 1.29 is 47.6 Å². The van der Waals surface area contributed by atoms with Crippen LogP contribution in [0.15, 0.2) is 78.9 Å². The van der Waals surface area contributed by atoms with Crippen LogP contribution in [-0.2, 0) is 36.6 Å². The van der Waals surface area contributed by atoms with Crippen LogP contribution in [0.25, 0.3) is 11.1 Å². The van der Waals surface area contributed by atoms with Crippen molar-refractivity contribution in [2.45, 2.75) is 65.8 Å². The molecule has 332 valence electrons. The summed E-state index contributed by atoms with van der Waals surface area (Å²) in [6, 6.07) is 22.2. The molecule has 12 nitrogen and oxygen atoms in total. The van der Waals surface area contributed by atoms with Gasteiger partial charge in [-0.15, -0.1) is 0 Å². The van der Waals surface area contributed by atoms with E-state index in [0.29, 0.717) is 74.7 Å². The molecular weight excluding hydrogens is 782 g/mol. The van der Waals surface area contributed by atoms with Crippen LogP contribution in [0.1, 0.15) is 85.6 Å². The maximum absolute atomic E-state index is 15.2. The Labute approximate surface area is 360 Å². The molecule has 5 N–H and O–H groups in total. The summed E-state index contributed by atoms with van der Waals surface area (Å²) in [5, 5.41) is 15.5. The molecule has 1 aliphatic rings. The number of nitrogens with two attached hydrogens (primary N) is 1. The standard InChI is InChI=1S/C33H40FN3O8.C13H18O.C2H6/c1-36-10-11-41-12-13-42-14-15-43-16-17-44-30-18-24-8-9-37-29(21-32(35)38)27(24)20-31(30)45-25-6-7-26(28(34)19-25)22-2-4-23(5-3-22)33(39)40;1-10(2)8-12-4-6-13(7-5-12)11(3)9-14;1-2/h2-7,18-20,29,36-37H,8-17,21H2,1H3,(H2,35,38)(H,39,40);4-7,9-11H,8H2,1-3H3;1-2H3. The maximum Gasteiger partial charge on any atom is 0.335 e. The number of rotatable bonds is 23. The van der Waals surface area contributed by atoms with Crippen molar-refractivity contribution >= 4 is 18.2 Å². The third-order valence-corrected chi connectivity index (χ3v) is 9.46. The van der Waals surface area contributed by atoms with Gasteiger partial charge in [0.25, 0.3) is 0 Å². The van der Waals surface area contributed by atoms with Crippen LogP contribution in [0.4, 0.5) is 4.39 Å². The van der Waals surface area contributed by atoms with Crippen LogP contribution in [0.2, 0.25) is 0 Å². The van der Waals surface area contributed by atoms with E-state index >= 15 is 4.39 Å². The Kier molecular flexibility index (Phi) is 22.7. The largest absolute Gasteiger partial charge is 0.487 e. The van der Waals surface area contributed by atoms with Gasteiger partial charge in [-0.1, -0.05) is 71.0 Å². The number of nitrogens with one attached hydrogen (secondary N) is 2. The number of hydrogen-bond acceptors (Lipinski definition) is 10. The first-order chi connectivity index (χ1) is 29.5. The predicted octanol–water partition coefficient (Wildman–Crippen LogP) is 7.91. The lowest BCUT2D eigenvalue weighted by atomic mass is 9.91. The maximum atomic E-state index is 15.2. The summed E-state index contributed by atoms with van der Waals surface area (Å²) in [5.74, 6) is -0.273. The number of carboxylic acid groups (broad SMARTS) is 1. The molecule has 0 saturated carbocycles.